The SMILES string of the molecule is CN(CCN(C)N1ONc2c1cccc2[N+](=O)[O-])C(=O)CI. The zero-order valence-corrected chi connectivity index (χ0v) is 14.3. The van der Waals surface area contributed by atoms with E-state index in [0.29, 0.717) is 28.9 Å². The fourth-order valence-electron chi connectivity index (χ4n) is 1.95. The van der Waals surface area contributed by atoms with Crippen LogP contribution in [-0.4, -0.2) is 52.4 Å². The molecule has 0 aromatic heterocycles. The number of nitro benzene ring substituents is 1. The standard InChI is InChI=1S/C12H16IN5O4/c1-15(11(19)8-13)6-7-16(2)17-9-4-3-5-10(18(20)21)12(9)14-22-17/h3-5,14H,6-8H2,1-2H3. The van der Waals surface area contributed by atoms with E-state index in [4.69, 9.17) is 4.94 Å². The summed E-state index contributed by atoms with van der Waals surface area (Å²) in [5.41, 5.74) is 3.38. The number of hydrogen-bond acceptors (Lipinski definition) is 7. The maximum absolute atomic E-state index is 11.5. The van der Waals surface area contributed by atoms with Gasteiger partial charge in [-0.05, 0) is 6.07 Å². The number of alkyl halides is 1. The number of anilines is 2. The molecule has 0 saturated heterocycles. The molecule has 0 aliphatic carbocycles. The van der Waals surface area contributed by atoms with E-state index in [2.05, 4.69) is 5.48 Å². The van der Waals surface area contributed by atoms with Crippen molar-refractivity contribution in [3.05, 3.63) is 28.3 Å². The van der Waals surface area contributed by atoms with E-state index < -0.39 is 4.92 Å². The number of para-hydroxylation sites is 1. The van der Waals surface area contributed by atoms with Gasteiger partial charge in [0.15, 0.2) is 5.69 Å². The number of benzene rings is 1. The molecule has 1 heterocycles. The van der Waals surface area contributed by atoms with Gasteiger partial charge in [-0.15, -0.1) is 4.94 Å². The quantitative estimate of drug-likeness (QED) is 0.322. The van der Waals surface area contributed by atoms with Gasteiger partial charge in [-0.25, -0.2) is 5.48 Å². The molecule has 9 nitrogen and oxygen atoms in total. The van der Waals surface area contributed by atoms with Gasteiger partial charge >= 0.3 is 0 Å². The number of hydrogen-bond donors (Lipinski definition) is 1. The average Bonchev–Trinajstić information content (AvgIpc) is 2.95. The Hall–Kier alpha value is -1.66. The summed E-state index contributed by atoms with van der Waals surface area (Å²) in [6.45, 7) is 1.03. The molecule has 0 fully saturated rings. The fraction of sp³-hybridized carbons (Fsp3) is 0.417. The molecule has 120 valence electrons. The van der Waals surface area contributed by atoms with Crippen LogP contribution in [0.1, 0.15) is 0 Å². The van der Waals surface area contributed by atoms with Crippen molar-refractivity contribution in [2.45, 2.75) is 0 Å². The minimum atomic E-state index is -0.467. The number of nitrogens with one attached hydrogen (secondary N) is 1. The van der Waals surface area contributed by atoms with E-state index in [1.54, 1.807) is 36.1 Å². The average molecular weight is 421 g/mol. The molecule has 1 amide bonds. The van der Waals surface area contributed by atoms with E-state index in [0.717, 1.165) is 0 Å². The first kappa shape index (κ1) is 16.7. The molecule has 22 heavy (non-hydrogen) atoms. The summed E-state index contributed by atoms with van der Waals surface area (Å²) in [6.07, 6.45) is 0. The first-order valence-corrected chi connectivity index (χ1v) is 7.99. The third-order valence-electron chi connectivity index (χ3n) is 3.27. The fourth-order valence-corrected chi connectivity index (χ4v) is 2.53. The zero-order chi connectivity index (χ0) is 16.3. The zero-order valence-electron chi connectivity index (χ0n) is 12.2. The van der Waals surface area contributed by atoms with Gasteiger partial charge < -0.3 is 4.90 Å². The predicted octanol–water partition coefficient (Wildman–Crippen LogP) is 1.41. The first-order valence-electron chi connectivity index (χ1n) is 6.47. The number of halogens is 1. The van der Waals surface area contributed by atoms with Crippen LogP contribution < -0.4 is 10.7 Å². The Labute approximate surface area is 141 Å². The van der Waals surface area contributed by atoms with E-state index in [-0.39, 0.29) is 11.6 Å². The van der Waals surface area contributed by atoms with Crippen LogP contribution in [0, 0.1) is 10.1 Å². The molecule has 1 aliphatic heterocycles. The molecular weight excluding hydrogens is 405 g/mol. The molecule has 1 aromatic rings. The van der Waals surface area contributed by atoms with Crippen molar-refractivity contribution in [3.8, 4) is 0 Å². The summed E-state index contributed by atoms with van der Waals surface area (Å²) in [6, 6.07) is 4.73. The van der Waals surface area contributed by atoms with Gasteiger partial charge in [0, 0.05) is 33.3 Å². The number of amides is 1. The minimum Gasteiger partial charge on any atom is -0.344 e. The number of hydrazine groups is 1. The molecule has 1 N–H and O–H groups in total. The van der Waals surface area contributed by atoms with Crippen molar-refractivity contribution in [2.24, 2.45) is 0 Å². The van der Waals surface area contributed by atoms with E-state index in [1.165, 1.54) is 11.2 Å². The number of nitrogens with zero attached hydrogens (tertiary/aromatic N) is 4. The van der Waals surface area contributed by atoms with Crippen LogP contribution in [0.15, 0.2) is 18.2 Å². The summed E-state index contributed by atoms with van der Waals surface area (Å²) in [5.74, 6) is 0.0468. The van der Waals surface area contributed by atoms with Crippen LogP contribution >= 0.6 is 22.6 Å². The molecule has 0 spiro atoms. The lowest BCUT2D eigenvalue weighted by molar-refractivity contribution is -0.384. The van der Waals surface area contributed by atoms with E-state index in [1.807, 2.05) is 22.6 Å². The smallest absolute Gasteiger partial charge is 0.296 e. The second-order valence-electron chi connectivity index (χ2n) is 4.72. The van der Waals surface area contributed by atoms with Crippen molar-refractivity contribution < 1.29 is 14.7 Å². The Kier molecular flexibility index (Phi) is 5.37. The molecule has 0 unspecified atom stereocenters. The van der Waals surface area contributed by atoms with Crippen LogP contribution in [-0.2, 0) is 9.73 Å². The van der Waals surface area contributed by atoms with Crippen molar-refractivity contribution in [1.82, 2.24) is 9.91 Å². The molecule has 2 rings (SSSR count). The van der Waals surface area contributed by atoms with Crippen LogP contribution in [0.5, 0.6) is 0 Å². The van der Waals surface area contributed by atoms with Gasteiger partial charge in [-0.2, -0.15) is 10.2 Å². The highest BCUT2D eigenvalue weighted by atomic mass is 127. The van der Waals surface area contributed by atoms with Crippen LogP contribution in [0.25, 0.3) is 0 Å². The monoisotopic (exact) mass is 421 g/mol. The summed E-state index contributed by atoms with van der Waals surface area (Å²) in [5, 5.41) is 14.2. The summed E-state index contributed by atoms with van der Waals surface area (Å²) >= 11 is 2.02. The Morgan fingerprint density at radius 2 is 2.18 bits per heavy atom. The van der Waals surface area contributed by atoms with Gasteiger partial charge in [-0.1, -0.05) is 28.7 Å². The Balaban J connectivity index is 2.06. The van der Waals surface area contributed by atoms with Crippen LogP contribution in [0.2, 0.25) is 0 Å². The summed E-state index contributed by atoms with van der Waals surface area (Å²) in [4.78, 5) is 29.0. The highest BCUT2D eigenvalue weighted by molar-refractivity contribution is 14.1. The molecule has 0 bridgehead atoms. The normalized spacial score (nSPS) is 13.0. The lowest BCUT2D eigenvalue weighted by Crippen LogP contribution is -2.43. The van der Waals surface area contributed by atoms with Gasteiger partial charge in [0.05, 0.1) is 9.35 Å². The van der Waals surface area contributed by atoms with E-state index >= 15 is 0 Å². The highest BCUT2D eigenvalue weighted by Gasteiger charge is 2.30. The van der Waals surface area contributed by atoms with Crippen LogP contribution in [0.3, 0.4) is 0 Å². The lowest BCUT2D eigenvalue weighted by Gasteiger charge is -2.28. The molecule has 1 aliphatic rings. The molecule has 0 saturated carbocycles. The van der Waals surface area contributed by atoms with Gasteiger partial charge in [0.25, 0.3) is 5.69 Å². The van der Waals surface area contributed by atoms with Crippen LogP contribution in [0.4, 0.5) is 17.1 Å². The molecule has 1 aromatic carbocycles. The van der Waals surface area contributed by atoms with Crippen molar-refractivity contribution in [2.75, 3.05) is 42.3 Å². The van der Waals surface area contributed by atoms with Crippen molar-refractivity contribution in [3.63, 3.8) is 0 Å². The number of rotatable bonds is 6. The Morgan fingerprint density at radius 1 is 1.45 bits per heavy atom. The third-order valence-corrected chi connectivity index (χ3v) is 3.92. The van der Waals surface area contributed by atoms with Gasteiger partial charge in [0.1, 0.15) is 5.69 Å². The second kappa shape index (κ2) is 7.07. The maximum Gasteiger partial charge on any atom is 0.296 e. The summed E-state index contributed by atoms with van der Waals surface area (Å²) < 4.78 is 0.425. The highest BCUT2D eigenvalue weighted by Crippen LogP contribution is 2.39. The minimum absolute atomic E-state index is 0.0468. The maximum atomic E-state index is 11.5. The van der Waals surface area contributed by atoms with Crippen molar-refractivity contribution in [1.29, 1.82) is 0 Å². The van der Waals surface area contributed by atoms with Gasteiger partial charge in [0.2, 0.25) is 5.91 Å². The molecule has 0 radical (unpaired) electrons. The largest absolute Gasteiger partial charge is 0.344 e. The number of fused-ring (bicyclic) bond motifs is 1. The second-order valence-corrected chi connectivity index (χ2v) is 5.49. The number of carbonyl (C=O) groups excluding carboxylic acids is 1. The number of likely N-dealkylation sites (N-methyl/N-ethyl adjacent to an activating group) is 2. The molecule has 10 heteroatoms. The molecule has 0 atom stereocenters. The van der Waals surface area contributed by atoms with Crippen molar-refractivity contribution >= 4 is 45.6 Å². The predicted molar refractivity (Wildman–Crippen MR) is 89.4 cm³/mol. The number of carbonyl (C=O) groups is 1. The lowest BCUT2D eigenvalue weighted by atomic mass is 10.2. The topological polar surface area (TPSA) is 91.2 Å². The molecular formula is C12H16IN5O4. The number of nitro groups is 1. The summed E-state index contributed by atoms with van der Waals surface area (Å²) in [7, 11) is 3.51. The first-order chi connectivity index (χ1) is 10.5. The van der Waals surface area contributed by atoms with Gasteiger partial charge in [-0.3, -0.25) is 14.9 Å². The Bertz CT molecular complexity index is 585. The Morgan fingerprint density at radius 3 is 2.82 bits per heavy atom. The van der Waals surface area contributed by atoms with E-state index in [9.17, 15) is 14.9 Å². The third kappa shape index (κ3) is 3.39.